The zero-order chi connectivity index (χ0) is 14.3. The topological polar surface area (TPSA) is 29.5 Å². The molecule has 1 atom stereocenters. The fraction of sp³-hybridized carbons (Fsp3) is 0.294. The van der Waals surface area contributed by atoms with Gasteiger partial charge in [-0.25, -0.2) is 4.39 Å². The quantitative estimate of drug-likeness (QED) is 0.908. The lowest BCUT2D eigenvalue weighted by atomic mass is 9.87. The van der Waals surface area contributed by atoms with Crippen molar-refractivity contribution in [2.45, 2.75) is 25.4 Å². The van der Waals surface area contributed by atoms with Crippen LogP contribution in [0.2, 0.25) is 0 Å². The fourth-order valence-electron chi connectivity index (χ4n) is 2.94. The smallest absolute Gasteiger partial charge is 0.126 e. The molecule has 0 bridgehead atoms. The maximum Gasteiger partial charge on any atom is 0.126 e. The molecule has 1 N–H and O–H groups in total. The van der Waals surface area contributed by atoms with Gasteiger partial charge in [0, 0.05) is 0 Å². The number of halogens is 1. The van der Waals surface area contributed by atoms with E-state index in [1.54, 1.807) is 26.2 Å². The van der Waals surface area contributed by atoms with Crippen molar-refractivity contribution in [2.24, 2.45) is 0 Å². The maximum absolute atomic E-state index is 13.4. The Labute approximate surface area is 117 Å². The largest absolute Gasteiger partial charge is 0.497 e. The highest BCUT2D eigenvalue weighted by molar-refractivity contribution is 5.49. The number of fused-ring (bicyclic) bond motifs is 1. The Morgan fingerprint density at radius 2 is 2.00 bits per heavy atom. The van der Waals surface area contributed by atoms with E-state index in [2.05, 4.69) is 0 Å². The minimum absolute atomic E-state index is 0.249. The van der Waals surface area contributed by atoms with Crippen LogP contribution in [0.4, 0.5) is 4.39 Å². The molecule has 3 rings (SSSR count). The molecule has 2 aromatic rings. The standard InChI is InChI=1S/C17H17FO2/c1-11-9-13(4-6-16(11)18)17(19)8-7-12-3-5-14(20-2)10-15(12)17/h3-6,9-10,19H,7-8H2,1-2H3. The number of aryl methyl sites for hydroxylation is 2. The Hall–Kier alpha value is -1.87. The van der Waals surface area contributed by atoms with E-state index in [-0.39, 0.29) is 5.82 Å². The molecule has 0 saturated carbocycles. The van der Waals surface area contributed by atoms with Gasteiger partial charge in [0.2, 0.25) is 0 Å². The molecule has 0 fully saturated rings. The van der Waals surface area contributed by atoms with Crippen LogP contribution in [0.5, 0.6) is 5.75 Å². The van der Waals surface area contributed by atoms with E-state index in [1.165, 1.54) is 6.07 Å². The maximum atomic E-state index is 13.4. The van der Waals surface area contributed by atoms with Gasteiger partial charge in [-0.05, 0) is 66.3 Å². The molecule has 0 amide bonds. The average Bonchev–Trinajstić information content (AvgIpc) is 2.80. The number of aliphatic hydroxyl groups is 1. The highest BCUT2D eigenvalue weighted by Crippen LogP contribution is 2.43. The normalized spacial score (nSPS) is 20.8. The molecular weight excluding hydrogens is 255 g/mol. The molecule has 104 valence electrons. The van der Waals surface area contributed by atoms with Gasteiger partial charge in [-0.3, -0.25) is 0 Å². The zero-order valence-electron chi connectivity index (χ0n) is 11.6. The average molecular weight is 272 g/mol. The van der Waals surface area contributed by atoms with E-state index in [0.29, 0.717) is 12.0 Å². The summed E-state index contributed by atoms with van der Waals surface area (Å²) in [6.45, 7) is 1.71. The van der Waals surface area contributed by atoms with Crippen LogP contribution in [-0.4, -0.2) is 12.2 Å². The van der Waals surface area contributed by atoms with Crippen LogP contribution in [0.1, 0.15) is 28.7 Å². The summed E-state index contributed by atoms with van der Waals surface area (Å²) in [5, 5.41) is 11.1. The first-order valence-electron chi connectivity index (χ1n) is 6.71. The molecule has 20 heavy (non-hydrogen) atoms. The van der Waals surface area contributed by atoms with Gasteiger partial charge < -0.3 is 9.84 Å². The van der Waals surface area contributed by atoms with Gasteiger partial charge in [0.05, 0.1) is 7.11 Å². The molecule has 0 aliphatic heterocycles. The van der Waals surface area contributed by atoms with Gasteiger partial charge in [0.25, 0.3) is 0 Å². The number of ether oxygens (including phenoxy) is 1. The first-order valence-corrected chi connectivity index (χ1v) is 6.71. The van der Waals surface area contributed by atoms with E-state index in [9.17, 15) is 9.50 Å². The summed E-state index contributed by atoms with van der Waals surface area (Å²) >= 11 is 0. The fourth-order valence-corrected chi connectivity index (χ4v) is 2.94. The van der Waals surface area contributed by atoms with Gasteiger partial charge in [-0.15, -0.1) is 0 Å². The van der Waals surface area contributed by atoms with Crippen molar-refractivity contribution in [3.63, 3.8) is 0 Å². The van der Waals surface area contributed by atoms with Crippen molar-refractivity contribution in [1.82, 2.24) is 0 Å². The summed E-state index contributed by atoms with van der Waals surface area (Å²) in [7, 11) is 1.61. The second-order valence-corrected chi connectivity index (χ2v) is 5.35. The van der Waals surface area contributed by atoms with Crippen LogP contribution >= 0.6 is 0 Å². The molecule has 0 saturated heterocycles. The van der Waals surface area contributed by atoms with Crippen LogP contribution in [0.15, 0.2) is 36.4 Å². The second kappa shape index (κ2) is 4.60. The lowest BCUT2D eigenvalue weighted by Crippen LogP contribution is -2.24. The van der Waals surface area contributed by atoms with Crippen LogP contribution in [0.3, 0.4) is 0 Å². The summed E-state index contributed by atoms with van der Waals surface area (Å²) in [5.74, 6) is 0.476. The highest BCUT2D eigenvalue weighted by atomic mass is 19.1. The van der Waals surface area contributed by atoms with Crippen molar-refractivity contribution in [1.29, 1.82) is 0 Å². The van der Waals surface area contributed by atoms with E-state index in [4.69, 9.17) is 4.74 Å². The van der Waals surface area contributed by atoms with Crippen molar-refractivity contribution < 1.29 is 14.2 Å². The van der Waals surface area contributed by atoms with E-state index in [0.717, 1.165) is 28.9 Å². The minimum Gasteiger partial charge on any atom is -0.497 e. The van der Waals surface area contributed by atoms with Crippen LogP contribution in [0, 0.1) is 12.7 Å². The summed E-state index contributed by atoms with van der Waals surface area (Å²) < 4.78 is 18.7. The van der Waals surface area contributed by atoms with Crippen LogP contribution in [0.25, 0.3) is 0 Å². The van der Waals surface area contributed by atoms with E-state index >= 15 is 0 Å². The predicted octanol–water partition coefficient (Wildman–Crippen LogP) is 3.32. The lowest BCUT2D eigenvalue weighted by Gasteiger charge is -2.25. The number of hydrogen-bond acceptors (Lipinski definition) is 2. The Balaban J connectivity index is 2.13. The minimum atomic E-state index is -1.05. The van der Waals surface area contributed by atoms with Gasteiger partial charge in [-0.1, -0.05) is 12.1 Å². The summed E-state index contributed by atoms with van der Waals surface area (Å²) in [6, 6.07) is 10.6. The molecule has 1 aliphatic carbocycles. The first-order chi connectivity index (χ1) is 9.54. The Morgan fingerprint density at radius 3 is 2.70 bits per heavy atom. The van der Waals surface area contributed by atoms with Crippen molar-refractivity contribution in [3.8, 4) is 5.75 Å². The second-order valence-electron chi connectivity index (χ2n) is 5.35. The summed E-state index contributed by atoms with van der Waals surface area (Å²) in [5.41, 5.74) is 2.22. The molecule has 0 aromatic heterocycles. The van der Waals surface area contributed by atoms with Crippen molar-refractivity contribution in [2.75, 3.05) is 7.11 Å². The third-order valence-electron chi connectivity index (χ3n) is 4.15. The SMILES string of the molecule is COc1ccc2c(c1)C(O)(c1ccc(F)c(C)c1)CC2. The molecule has 0 heterocycles. The third kappa shape index (κ3) is 1.90. The molecule has 2 aromatic carbocycles. The van der Waals surface area contributed by atoms with Crippen molar-refractivity contribution in [3.05, 3.63) is 64.5 Å². The zero-order valence-corrected chi connectivity index (χ0v) is 11.6. The van der Waals surface area contributed by atoms with Gasteiger partial charge >= 0.3 is 0 Å². The predicted molar refractivity (Wildman–Crippen MR) is 75.5 cm³/mol. The number of methoxy groups -OCH3 is 1. The molecule has 3 heteroatoms. The number of hydrogen-bond donors (Lipinski definition) is 1. The van der Waals surface area contributed by atoms with Gasteiger partial charge in [0.15, 0.2) is 0 Å². The Bertz CT molecular complexity index is 666. The summed E-state index contributed by atoms with van der Waals surface area (Å²) in [4.78, 5) is 0. The molecule has 1 unspecified atom stereocenters. The molecule has 1 aliphatic rings. The Kier molecular flexibility index (Phi) is 3.02. The van der Waals surface area contributed by atoms with Crippen molar-refractivity contribution >= 4 is 0 Å². The number of rotatable bonds is 2. The molecule has 0 radical (unpaired) electrons. The lowest BCUT2D eigenvalue weighted by molar-refractivity contribution is 0.0826. The molecule has 2 nitrogen and oxygen atoms in total. The highest BCUT2D eigenvalue weighted by Gasteiger charge is 2.38. The van der Waals surface area contributed by atoms with Crippen LogP contribution in [-0.2, 0) is 12.0 Å². The van der Waals surface area contributed by atoms with Crippen LogP contribution < -0.4 is 4.74 Å². The third-order valence-corrected chi connectivity index (χ3v) is 4.15. The van der Waals surface area contributed by atoms with Gasteiger partial charge in [-0.2, -0.15) is 0 Å². The monoisotopic (exact) mass is 272 g/mol. The van der Waals surface area contributed by atoms with E-state index in [1.807, 2.05) is 18.2 Å². The first kappa shape index (κ1) is 13.1. The Morgan fingerprint density at radius 1 is 1.20 bits per heavy atom. The summed E-state index contributed by atoms with van der Waals surface area (Å²) in [6.07, 6.45) is 1.42. The van der Waals surface area contributed by atoms with E-state index < -0.39 is 5.60 Å². The number of benzene rings is 2. The molecule has 0 spiro atoms. The van der Waals surface area contributed by atoms with Gasteiger partial charge in [0.1, 0.15) is 17.2 Å². The molecular formula is C17H17FO2.